The van der Waals surface area contributed by atoms with Gasteiger partial charge in [0.05, 0.1) is 87.1 Å². The molecule has 40 nitrogen and oxygen atoms in total. The number of carbonyl (C=O) groups excluding carboxylic acids is 5. The molecule has 7 aromatic carbocycles. The van der Waals surface area contributed by atoms with Crippen molar-refractivity contribution in [1.29, 1.82) is 0 Å². The van der Waals surface area contributed by atoms with Crippen molar-refractivity contribution in [2.45, 2.75) is 71.0 Å². The minimum atomic E-state index is -3.72. The van der Waals surface area contributed by atoms with E-state index in [-0.39, 0.29) is 85.4 Å². The van der Waals surface area contributed by atoms with Crippen molar-refractivity contribution in [3.05, 3.63) is 310 Å². The summed E-state index contributed by atoms with van der Waals surface area (Å²) in [4.78, 5) is 75.8. The summed E-state index contributed by atoms with van der Waals surface area (Å²) in [6.45, 7) is 3.66. The second kappa shape index (κ2) is 55.2. The van der Waals surface area contributed by atoms with Crippen molar-refractivity contribution >= 4 is 132 Å². The Bertz CT molecular complexity index is 6560. The number of ether oxygens (including phenoxy) is 7. The van der Waals surface area contributed by atoms with Gasteiger partial charge in [0.1, 0.15) is 11.5 Å². The Labute approximate surface area is 805 Å². The molecule has 135 heavy (non-hydrogen) atoms. The van der Waals surface area contributed by atoms with Crippen LogP contribution in [0.4, 0.5) is 42.8 Å². The molecule has 0 spiro atoms. The fourth-order valence-corrected chi connectivity index (χ4v) is 15.4. The van der Waals surface area contributed by atoms with Crippen LogP contribution >= 0.6 is 11.6 Å². The topological polar surface area (TPSA) is 601 Å². The Hall–Kier alpha value is -14.4. The molecule has 1 unspecified atom stereocenters. The number of nitrogen functional groups attached to an aromatic ring is 1. The van der Waals surface area contributed by atoms with Crippen LogP contribution in [0.1, 0.15) is 25.0 Å². The first kappa shape index (κ1) is 109. The number of urea groups is 1. The number of hydrogen-bond donors (Lipinski definition) is 11. The number of carbonyl (C=O) groups is 5. The van der Waals surface area contributed by atoms with Crippen LogP contribution in [0.15, 0.2) is 342 Å². The summed E-state index contributed by atoms with van der Waals surface area (Å²) in [5.74, 6) is 2.28. The fraction of sp³-hybridized carbons (Fsp3) is 0.103. The summed E-state index contributed by atoms with van der Waals surface area (Å²) in [6, 6.07) is 61.1. The Morgan fingerprint density at radius 1 is 0.415 bits per heavy atom. The van der Waals surface area contributed by atoms with E-state index < -0.39 is 75.1 Å². The van der Waals surface area contributed by atoms with Crippen molar-refractivity contribution in [2.24, 2.45) is 5.73 Å². The van der Waals surface area contributed by atoms with Gasteiger partial charge in [0.25, 0.3) is 0 Å². The average molecular weight is 1970 g/mol. The number of halogens is 1. The first-order valence-electron chi connectivity index (χ1n) is 38.4. The summed E-state index contributed by atoms with van der Waals surface area (Å²) in [5.41, 5.74) is 14.7. The molecule has 48 heteroatoms. The van der Waals surface area contributed by atoms with Crippen LogP contribution in [0.5, 0.6) is 40.9 Å². The third kappa shape index (κ3) is 36.6. The maximum Gasteiger partial charge on any atom is 1.00 e. The Morgan fingerprint density at radius 2 is 0.726 bits per heavy atom. The SMILES string of the molecule is CC(=O)Nc1ccc(S(=O)[O-])cc1.COc1ccc(B(O)O)cn1.COc1ccc(S(=O)(=O)c2ccc(N)cc2)cn1.COc1ccc(S(=O)(=O)c2ccc(NC(=O)NCc3cn[nH]c3)cc2)cn1.COc1ccc(S(=O)(=O)c2ccc(NC(=O)Oc3ccccc3)cc2)cn1.COc1ccc(S(=O)(=O)c2ccc(NC(C)=O)cc2)cn1.NCc1cn[nH]c1.O=C(Cl)Oc1ccccc1.[Na+]. The smallest absolute Gasteiger partial charge is 0.768 e. The van der Waals surface area contributed by atoms with Gasteiger partial charge in [-0.2, -0.15) is 10.2 Å². The number of nitrogens with zero attached hydrogens (tertiary/aromatic N) is 7. The van der Waals surface area contributed by atoms with Crippen molar-refractivity contribution in [3.63, 3.8) is 0 Å². The van der Waals surface area contributed by atoms with Gasteiger partial charge in [0, 0.05) is 156 Å². The third-order valence-corrected chi connectivity index (χ3v) is 24.5. The molecule has 0 saturated heterocycles. The van der Waals surface area contributed by atoms with E-state index >= 15 is 0 Å². The minimum absolute atomic E-state index is 0. The van der Waals surface area contributed by atoms with Gasteiger partial charge < -0.3 is 80.5 Å². The molecular weight excluding hydrogens is 1880 g/mol. The number of nitrogens with two attached hydrogens (primary N) is 2. The zero-order valence-electron chi connectivity index (χ0n) is 72.9. The summed E-state index contributed by atoms with van der Waals surface area (Å²) in [7, 11) is -8.76. The van der Waals surface area contributed by atoms with E-state index in [0.717, 1.165) is 11.1 Å². The predicted octanol–water partition coefficient (Wildman–Crippen LogP) is 7.84. The Morgan fingerprint density at radius 3 is 1.01 bits per heavy atom. The fourth-order valence-electron chi connectivity index (χ4n) is 10.1. The normalized spacial score (nSPS) is 10.6. The Balaban J connectivity index is 0.000000244. The molecule has 0 bridgehead atoms. The van der Waals surface area contributed by atoms with Crippen molar-refractivity contribution < 1.29 is 139 Å². The number of sulfone groups is 4. The van der Waals surface area contributed by atoms with E-state index in [2.05, 4.69) is 76.6 Å². The zero-order valence-corrected chi connectivity index (χ0v) is 79.7. The van der Waals surface area contributed by atoms with Crippen LogP contribution in [0.25, 0.3) is 0 Å². The van der Waals surface area contributed by atoms with E-state index in [1.54, 1.807) is 91.5 Å². The first-order chi connectivity index (χ1) is 64.0. The van der Waals surface area contributed by atoms with Crippen LogP contribution in [0.2, 0.25) is 0 Å². The van der Waals surface area contributed by atoms with Gasteiger partial charge in [0.15, 0.2) is 0 Å². The number of amides is 5. The number of aromatic nitrogens is 9. The number of para-hydroxylation sites is 2. The second-order valence-electron chi connectivity index (χ2n) is 26.1. The number of benzene rings is 7. The molecule has 0 radical (unpaired) electrons. The number of nitrogens with one attached hydrogen (secondary N) is 7. The van der Waals surface area contributed by atoms with E-state index in [9.17, 15) is 66.4 Å². The number of anilines is 5. The van der Waals surface area contributed by atoms with Gasteiger partial charge in [0.2, 0.25) is 80.6 Å². The quantitative estimate of drug-likeness (QED) is 0.0119. The molecule has 7 heterocycles. The van der Waals surface area contributed by atoms with Gasteiger partial charge in [-0.1, -0.05) is 42.5 Å². The van der Waals surface area contributed by atoms with Gasteiger partial charge in [-0.3, -0.25) is 29.3 Å². The van der Waals surface area contributed by atoms with Crippen LogP contribution in [-0.2, 0) is 73.1 Å². The number of hydrogen-bond acceptors (Lipinski definition) is 33. The number of pyridine rings is 5. The molecule has 14 aromatic rings. The average Bonchev–Trinajstić information content (AvgIpc) is 0.918. The molecular formula is C87H87BClN16NaO24S5. The molecule has 0 aliphatic rings. The molecule has 13 N–H and O–H groups in total. The molecule has 14 rings (SSSR count). The summed E-state index contributed by atoms with van der Waals surface area (Å²) in [6.07, 6.45) is 12.4. The molecule has 0 saturated carbocycles. The molecule has 5 amide bonds. The van der Waals surface area contributed by atoms with Crippen LogP contribution in [0, 0.1) is 0 Å². The van der Waals surface area contributed by atoms with E-state index in [1.807, 2.05) is 12.1 Å². The monoisotopic (exact) mass is 1970 g/mol. The number of rotatable bonds is 24. The van der Waals surface area contributed by atoms with Crippen LogP contribution in [-0.4, -0.2) is 170 Å². The molecule has 0 fully saturated rings. The zero-order chi connectivity index (χ0) is 97.8. The van der Waals surface area contributed by atoms with E-state index in [4.69, 9.17) is 61.5 Å². The van der Waals surface area contributed by atoms with Gasteiger partial charge in [-0.25, -0.2) is 73.0 Å². The van der Waals surface area contributed by atoms with Gasteiger partial charge in [-0.15, -0.1) is 0 Å². The maximum absolute atomic E-state index is 12.6. The van der Waals surface area contributed by atoms with E-state index in [1.165, 1.54) is 244 Å². The minimum Gasteiger partial charge on any atom is -0.768 e. The maximum atomic E-state index is 12.6. The van der Waals surface area contributed by atoms with Crippen molar-refractivity contribution in [1.82, 2.24) is 50.6 Å². The van der Waals surface area contributed by atoms with Gasteiger partial charge in [-0.05, 0) is 187 Å². The number of methoxy groups -OCH3 is 5. The van der Waals surface area contributed by atoms with E-state index in [0.29, 0.717) is 87.9 Å². The van der Waals surface area contributed by atoms with Crippen LogP contribution in [0.3, 0.4) is 0 Å². The molecule has 0 aliphatic heterocycles. The standard InChI is InChI=1S/C19H16N2O5S.C17H17N5O4S.C14H14N2O4S.C12H12N2O3S.C8H9NO3S.C7H5ClO2.C6H8BNO3.C4H7N3.Na/c1-25-18-12-11-17(13-20-18)27(23,24)16-9-7-14(8-10-16)21-19(22)26-15-5-3-2-4-6-15;1-26-16-7-6-15(11-18-16)27(24,25)14-4-2-13(3-5-14)22-17(23)19-8-12-9-20-21-10-12;1-10(17)16-11-3-5-12(6-4-11)21(18,19)13-7-8-14(20-2)15-9-13;1-17-12-7-6-11(8-14-12)18(15,16)10-4-2-9(13)3-5-10;1-6(10)9-7-2-4-8(5-3-7)13(11)12;8-7(9)10-6-4-2-1-3-5-6;1-11-6-3-2-5(4-8-6)7(9)10;5-1-4-2-6-7-3-4;/h2-13H,1H3,(H,21,22);2-7,9-11H,8H2,1H3,(H,20,21)(H2,19,22,23);3-9H,1-2H3,(H,16,17);2-8H,13H2,1H3;2-5H,1H3,(H,9,10)(H,11,12);1-5H;2-4,9-10H,1H3;2-3H,1,5H2,(H,6,7);/q;;;;;;;;+1/p-1. The molecule has 700 valence electrons. The predicted molar refractivity (Wildman–Crippen MR) is 493 cm³/mol. The van der Waals surface area contributed by atoms with Crippen molar-refractivity contribution in [3.8, 4) is 40.9 Å². The summed E-state index contributed by atoms with van der Waals surface area (Å²) in [5, 5.41) is 43.0. The molecule has 0 aliphatic carbocycles. The van der Waals surface area contributed by atoms with Gasteiger partial charge >= 0.3 is 54.2 Å². The first-order valence-corrected chi connectivity index (χ1v) is 45.8. The van der Waals surface area contributed by atoms with Crippen molar-refractivity contribution in [2.75, 3.05) is 62.5 Å². The number of aromatic amines is 2. The molecule has 7 aromatic heterocycles. The largest absolute Gasteiger partial charge is 1.00 e. The Kier molecular flexibility index (Phi) is 44.7. The third-order valence-electron chi connectivity index (χ3n) is 16.8. The number of H-pyrrole nitrogens is 2. The molecule has 1 atom stereocenters. The summed E-state index contributed by atoms with van der Waals surface area (Å²) >= 11 is 2.74. The summed E-state index contributed by atoms with van der Waals surface area (Å²) < 4.78 is 155. The second-order valence-corrected chi connectivity index (χ2v) is 35.2. The van der Waals surface area contributed by atoms with Crippen LogP contribution < -0.4 is 106 Å².